The van der Waals surface area contributed by atoms with Gasteiger partial charge in [0.25, 0.3) is 0 Å². The zero-order chi connectivity index (χ0) is 15.1. The Hall–Kier alpha value is -3.19. The van der Waals surface area contributed by atoms with Gasteiger partial charge in [-0.3, -0.25) is 4.98 Å². The minimum absolute atomic E-state index is 0.0688. The molecule has 104 valence electrons. The summed E-state index contributed by atoms with van der Waals surface area (Å²) in [6, 6.07) is 16.1. The van der Waals surface area contributed by atoms with Crippen LogP contribution in [0.1, 0.15) is 5.56 Å². The molecule has 4 aromatic rings. The summed E-state index contributed by atoms with van der Waals surface area (Å²) < 4.78 is 19.6. The Morgan fingerprint density at radius 3 is 2.59 bits per heavy atom. The van der Waals surface area contributed by atoms with E-state index >= 15 is 0 Å². The normalized spacial score (nSPS) is 10.9. The fraction of sp³-hybridized carbons (Fsp3) is 0. The Bertz CT molecular complexity index is 1050. The van der Waals surface area contributed by atoms with E-state index in [9.17, 15) is 4.39 Å². The van der Waals surface area contributed by atoms with Crippen molar-refractivity contribution < 1.29 is 8.81 Å². The van der Waals surface area contributed by atoms with Crippen LogP contribution in [-0.4, -0.2) is 4.98 Å². The number of hydrogen-bond acceptors (Lipinski definition) is 3. The van der Waals surface area contributed by atoms with Gasteiger partial charge in [0, 0.05) is 22.5 Å². The summed E-state index contributed by atoms with van der Waals surface area (Å²) in [6.45, 7) is 0. The molecule has 0 aliphatic carbocycles. The Morgan fingerprint density at radius 2 is 1.82 bits per heavy atom. The van der Waals surface area contributed by atoms with Crippen molar-refractivity contribution in [2.75, 3.05) is 0 Å². The van der Waals surface area contributed by atoms with Gasteiger partial charge in [-0.2, -0.15) is 5.26 Å². The van der Waals surface area contributed by atoms with Gasteiger partial charge in [-0.15, -0.1) is 0 Å². The third kappa shape index (κ3) is 1.69. The van der Waals surface area contributed by atoms with Crippen LogP contribution in [0.4, 0.5) is 4.39 Å². The lowest BCUT2D eigenvalue weighted by atomic mass is 10.1. The number of halogens is 1. The van der Waals surface area contributed by atoms with E-state index in [4.69, 9.17) is 9.68 Å². The molecule has 0 spiro atoms. The zero-order valence-electron chi connectivity index (χ0n) is 11.4. The first-order valence-electron chi connectivity index (χ1n) is 6.75. The molecule has 0 amide bonds. The Morgan fingerprint density at radius 1 is 0.955 bits per heavy atom. The van der Waals surface area contributed by atoms with E-state index in [0.29, 0.717) is 5.58 Å². The molecule has 22 heavy (non-hydrogen) atoms. The Labute approximate surface area is 125 Å². The summed E-state index contributed by atoms with van der Waals surface area (Å²) in [4.78, 5) is 4.33. The number of fused-ring (bicyclic) bond motifs is 3. The van der Waals surface area contributed by atoms with Crippen LogP contribution < -0.4 is 0 Å². The smallest absolute Gasteiger partial charge is 0.156 e. The molecule has 0 atom stereocenters. The maximum Gasteiger partial charge on any atom is 0.156 e. The minimum Gasteiger partial charge on any atom is -0.454 e. The number of benzene rings is 2. The molecule has 0 saturated carbocycles. The second-order valence-corrected chi connectivity index (χ2v) is 4.91. The van der Waals surface area contributed by atoms with Crippen molar-refractivity contribution in [3.63, 3.8) is 0 Å². The number of pyridine rings is 1. The molecular weight excluding hydrogens is 279 g/mol. The molecule has 4 rings (SSSR count). The highest BCUT2D eigenvalue weighted by Crippen LogP contribution is 2.36. The van der Waals surface area contributed by atoms with Gasteiger partial charge in [-0.1, -0.05) is 18.2 Å². The van der Waals surface area contributed by atoms with E-state index in [2.05, 4.69) is 4.98 Å². The van der Waals surface area contributed by atoms with Gasteiger partial charge < -0.3 is 4.42 Å². The number of nitriles is 1. The van der Waals surface area contributed by atoms with Crippen molar-refractivity contribution in [2.24, 2.45) is 0 Å². The Kier molecular flexibility index (Phi) is 2.67. The van der Waals surface area contributed by atoms with Crippen LogP contribution in [0, 0.1) is 17.1 Å². The number of hydrogen-bond donors (Lipinski definition) is 0. The van der Waals surface area contributed by atoms with E-state index in [1.165, 1.54) is 6.07 Å². The fourth-order valence-corrected chi connectivity index (χ4v) is 2.67. The molecule has 0 unspecified atom stereocenters. The first-order valence-corrected chi connectivity index (χ1v) is 6.75. The topological polar surface area (TPSA) is 49.8 Å². The molecule has 0 aliphatic heterocycles. The minimum atomic E-state index is -0.576. The van der Waals surface area contributed by atoms with E-state index in [1.807, 2.05) is 42.5 Å². The summed E-state index contributed by atoms with van der Waals surface area (Å²) in [5.41, 5.74) is 2.41. The molecule has 0 fully saturated rings. The lowest BCUT2D eigenvalue weighted by Crippen LogP contribution is -1.82. The van der Waals surface area contributed by atoms with Crippen LogP contribution in [0.15, 0.2) is 59.1 Å². The standard InChI is InChI=1S/C18H9FN2O/c19-15-8-7-12-11-4-3-5-13(16-6-1-2-9-21-16)17(11)22-18(12)14(15)10-20/h1-9H. The highest BCUT2D eigenvalue weighted by atomic mass is 19.1. The quantitative estimate of drug-likeness (QED) is 0.512. The van der Waals surface area contributed by atoms with Crippen LogP contribution in [0.3, 0.4) is 0 Å². The zero-order valence-corrected chi connectivity index (χ0v) is 11.4. The summed E-state index contributed by atoms with van der Waals surface area (Å²) >= 11 is 0. The maximum atomic E-state index is 13.8. The highest BCUT2D eigenvalue weighted by Gasteiger charge is 2.17. The van der Waals surface area contributed by atoms with E-state index in [-0.39, 0.29) is 11.1 Å². The molecular formula is C18H9FN2O. The van der Waals surface area contributed by atoms with Crippen LogP contribution in [0.2, 0.25) is 0 Å². The van der Waals surface area contributed by atoms with Crippen molar-refractivity contribution >= 4 is 21.9 Å². The van der Waals surface area contributed by atoms with Crippen molar-refractivity contribution in [3.05, 3.63) is 66.1 Å². The molecule has 2 aromatic carbocycles. The first kappa shape index (κ1) is 12.5. The second kappa shape index (κ2) is 4.68. The monoisotopic (exact) mass is 288 g/mol. The van der Waals surface area contributed by atoms with Crippen molar-refractivity contribution in [2.45, 2.75) is 0 Å². The lowest BCUT2D eigenvalue weighted by Gasteiger charge is -2.00. The van der Waals surface area contributed by atoms with E-state index < -0.39 is 5.82 Å². The fourth-order valence-electron chi connectivity index (χ4n) is 2.67. The van der Waals surface area contributed by atoms with Crippen molar-refractivity contribution in [3.8, 4) is 17.3 Å². The predicted molar refractivity (Wildman–Crippen MR) is 81.6 cm³/mol. The highest BCUT2D eigenvalue weighted by molar-refractivity contribution is 6.10. The molecule has 4 heteroatoms. The van der Waals surface area contributed by atoms with Gasteiger partial charge in [0.05, 0.1) is 5.69 Å². The third-order valence-electron chi connectivity index (χ3n) is 3.67. The molecule has 0 saturated heterocycles. The molecule has 0 aliphatic rings. The molecule has 0 bridgehead atoms. The van der Waals surface area contributed by atoms with Gasteiger partial charge in [0.2, 0.25) is 0 Å². The maximum absolute atomic E-state index is 13.8. The summed E-state index contributed by atoms with van der Waals surface area (Å²) in [5, 5.41) is 10.7. The third-order valence-corrected chi connectivity index (χ3v) is 3.67. The molecule has 3 nitrogen and oxygen atoms in total. The number of rotatable bonds is 1. The van der Waals surface area contributed by atoms with E-state index in [0.717, 1.165) is 22.0 Å². The molecule has 2 aromatic heterocycles. The summed E-state index contributed by atoms with van der Waals surface area (Å²) in [6.07, 6.45) is 1.71. The first-order chi connectivity index (χ1) is 10.8. The average Bonchev–Trinajstić information content (AvgIpc) is 2.94. The number of nitrogens with zero attached hydrogens (tertiary/aromatic N) is 2. The van der Waals surface area contributed by atoms with Gasteiger partial charge in [0.15, 0.2) is 5.58 Å². The largest absolute Gasteiger partial charge is 0.454 e. The number of para-hydroxylation sites is 1. The number of aromatic nitrogens is 1. The van der Waals surface area contributed by atoms with Crippen molar-refractivity contribution in [1.29, 1.82) is 5.26 Å². The molecule has 2 heterocycles. The second-order valence-electron chi connectivity index (χ2n) is 4.91. The van der Waals surface area contributed by atoms with Crippen LogP contribution >= 0.6 is 0 Å². The van der Waals surface area contributed by atoms with Gasteiger partial charge in [0.1, 0.15) is 23.0 Å². The van der Waals surface area contributed by atoms with Gasteiger partial charge >= 0.3 is 0 Å². The molecule has 0 N–H and O–H groups in total. The SMILES string of the molecule is N#Cc1c(F)ccc2c1oc1c(-c3ccccn3)cccc12. The average molecular weight is 288 g/mol. The van der Waals surface area contributed by atoms with Gasteiger partial charge in [-0.05, 0) is 30.3 Å². The van der Waals surface area contributed by atoms with E-state index in [1.54, 1.807) is 12.3 Å². The molecule has 0 radical (unpaired) electrons. The summed E-state index contributed by atoms with van der Waals surface area (Å²) in [7, 11) is 0. The van der Waals surface area contributed by atoms with Crippen molar-refractivity contribution in [1.82, 2.24) is 4.98 Å². The van der Waals surface area contributed by atoms with Crippen LogP contribution in [0.25, 0.3) is 33.2 Å². The lowest BCUT2D eigenvalue weighted by molar-refractivity contribution is 0.614. The van der Waals surface area contributed by atoms with Crippen LogP contribution in [0.5, 0.6) is 0 Å². The van der Waals surface area contributed by atoms with Gasteiger partial charge in [-0.25, -0.2) is 4.39 Å². The number of furan rings is 1. The predicted octanol–water partition coefficient (Wildman–Crippen LogP) is 4.66. The Balaban J connectivity index is 2.15. The van der Waals surface area contributed by atoms with Crippen LogP contribution in [-0.2, 0) is 0 Å². The summed E-state index contributed by atoms with van der Waals surface area (Å²) in [5.74, 6) is -0.576.